The highest BCUT2D eigenvalue weighted by atomic mass is 16.5. The van der Waals surface area contributed by atoms with Gasteiger partial charge in [0.25, 0.3) is 0 Å². The monoisotopic (exact) mass is 267 g/mol. The molecule has 0 radical (unpaired) electrons. The Morgan fingerprint density at radius 3 is 2.58 bits per heavy atom. The van der Waals surface area contributed by atoms with Crippen molar-refractivity contribution in [3.8, 4) is 0 Å². The third-order valence-corrected chi connectivity index (χ3v) is 5.36. The molecule has 0 spiro atoms. The zero-order valence-corrected chi connectivity index (χ0v) is 12.5. The van der Waals surface area contributed by atoms with Crippen LogP contribution >= 0.6 is 0 Å². The zero-order chi connectivity index (χ0) is 13.9. The average molecular weight is 267 g/mol. The van der Waals surface area contributed by atoms with Crippen molar-refractivity contribution in [1.82, 2.24) is 0 Å². The van der Waals surface area contributed by atoms with E-state index in [1.807, 2.05) is 0 Å². The van der Waals surface area contributed by atoms with Crippen LogP contribution in [0.2, 0.25) is 0 Å². The molecule has 0 bridgehead atoms. The molecular formula is C16H29NO2. The maximum atomic E-state index is 12.5. The predicted octanol–water partition coefficient (Wildman–Crippen LogP) is 3.41. The fourth-order valence-electron chi connectivity index (χ4n) is 3.72. The van der Waals surface area contributed by atoms with Crippen molar-refractivity contribution >= 4 is 5.97 Å². The van der Waals surface area contributed by atoms with E-state index in [0.717, 1.165) is 32.1 Å². The Bertz CT molecular complexity index is 318. The van der Waals surface area contributed by atoms with Crippen LogP contribution in [0.4, 0.5) is 0 Å². The minimum Gasteiger partial charge on any atom is -0.461 e. The Morgan fingerprint density at radius 1 is 1.21 bits per heavy atom. The first kappa shape index (κ1) is 14.8. The summed E-state index contributed by atoms with van der Waals surface area (Å²) >= 11 is 0. The van der Waals surface area contributed by atoms with Gasteiger partial charge in [0, 0.05) is 0 Å². The summed E-state index contributed by atoms with van der Waals surface area (Å²) in [4.78, 5) is 12.5. The van der Waals surface area contributed by atoms with Gasteiger partial charge in [0.15, 0.2) is 0 Å². The smallest absolute Gasteiger partial charge is 0.326 e. The van der Waals surface area contributed by atoms with Crippen LogP contribution in [0.3, 0.4) is 0 Å². The van der Waals surface area contributed by atoms with E-state index in [4.69, 9.17) is 10.5 Å². The predicted molar refractivity (Wildman–Crippen MR) is 76.7 cm³/mol. The second kappa shape index (κ2) is 6.25. The lowest BCUT2D eigenvalue weighted by molar-refractivity contribution is -0.164. The topological polar surface area (TPSA) is 52.3 Å². The minimum atomic E-state index is -0.728. The Labute approximate surface area is 117 Å². The molecule has 0 aliphatic heterocycles. The highest BCUT2D eigenvalue weighted by Gasteiger charge is 2.44. The van der Waals surface area contributed by atoms with Crippen LogP contribution in [-0.2, 0) is 9.53 Å². The molecule has 0 aromatic carbocycles. The lowest BCUT2D eigenvalue weighted by Crippen LogP contribution is -2.56. The Kier molecular flexibility index (Phi) is 4.88. The molecule has 0 aromatic rings. The van der Waals surface area contributed by atoms with Gasteiger partial charge in [-0.3, -0.25) is 4.79 Å². The number of hydrogen-bond acceptors (Lipinski definition) is 3. The third kappa shape index (κ3) is 3.13. The largest absolute Gasteiger partial charge is 0.461 e. The maximum Gasteiger partial charge on any atom is 0.326 e. The number of nitrogens with two attached hydrogens (primary N) is 1. The van der Waals surface area contributed by atoms with E-state index >= 15 is 0 Å². The van der Waals surface area contributed by atoms with Crippen LogP contribution in [0.25, 0.3) is 0 Å². The van der Waals surface area contributed by atoms with Gasteiger partial charge in [0.1, 0.15) is 11.6 Å². The van der Waals surface area contributed by atoms with Gasteiger partial charge in [-0.15, -0.1) is 0 Å². The van der Waals surface area contributed by atoms with Crippen molar-refractivity contribution in [2.75, 3.05) is 0 Å². The molecule has 0 heterocycles. The molecule has 110 valence electrons. The summed E-state index contributed by atoms with van der Waals surface area (Å²) in [5.74, 6) is 0.655. The first-order chi connectivity index (χ1) is 9.08. The van der Waals surface area contributed by atoms with Crippen LogP contribution in [0, 0.1) is 11.8 Å². The molecule has 4 atom stereocenters. The molecule has 2 N–H and O–H groups in total. The molecule has 0 amide bonds. The fraction of sp³-hybridized carbons (Fsp3) is 0.938. The van der Waals surface area contributed by atoms with Crippen molar-refractivity contribution in [2.45, 2.75) is 83.3 Å². The van der Waals surface area contributed by atoms with E-state index in [0.29, 0.717) is 5.92 Å². The quantitative estimate of drug-likeness (QED) is 0.797. The van der Waals surface area contributed by atoms with Gasteiger partial charge in [-0.1, -0.05) is 33.1 Å². The van der Waals surface area contributed by atoms with E-state index in [1.54, 1.807) is 0 Å². The van der Waals surface area contributed by atoms with E-state index < -0.39 is 5.54 Å². The second-order valence-electron chi connectivity index (χ2n) is 6.58. The number of hydrogen-bond donors (Lipinski definition) is 1. The van der Waals surface area contributed by atoms with Gasteiger partial charge in [0.2, 0.25) is 0 Å². The van der Waals surface area contributed by atoms with Crippen LogP contribution in [0.15, 0.2) is 0 Å². The molecule has 2 saturated carbocycles. The molecule has 2 aliphatic carbocycles. The molecule has 2 rings (SSSR count). The van der Waals surface area contributed by atoms with Gasteiger partial charge in [-0.2, -0.15) is 0 Å². The van der Waals surface area contributed by atoms with Crippen LogP contribution < -0.4 is 5.73 Å². The number of ether oxygens (including phenoxy) is 1. The highest BCUT2D eigenvalue weighted by Crippen LogP contribution is 2.35. The van der Waals surface area contributed by atoms with E-state index in [1.165, 1.54) is 25.7 Å². The van der Waals surface area contributed by atoms with Crippen molar-refractivity contribution < 1.29 is 9.53 Å². The number of carbonyl (C=O) groups excluding carboxylic acids is 1. The molecular weight excluding hydrogens is 238 g/mol. The van der Waals surface area contributed by atoms with Crippen LogP contribution in [-0.4, -0.2) is 17.6 Å². The molecule has 3 nitrogen and oxygen atoms in total. The van der Waals surface area contributed by atoms with Gasteiger partial charge in [-0.05, 0) is 50.4 Å². The standard InChI is InChI=1S/C16H29NO2/c1-3-13-9-4-5-10-14(13)19-15(18)16(17)11-7-6-8-12(16)2/h12-14H,3-11,17H2,1-2H3. The number of esters is 1. The summed E-state index contributed by atoms with van der Waals surface area (Å²) in [6.45, 7) is 4.29. The second-order valence-corrected chi connectivity index (χ2v) is 6.58. The molecule has 0 aromatic heterocycles. The number of rotatable bonds is 3. The van der Waals surface area contributed by atoms with E-state index in [-0.39, 0.29) is 18.0 Å². The highest BCUT2D eigenvalue weighted by molar-refractivity contribution is 5.81. The van der Waals surface area contributed by atoms with E-state index in [9.17, 15) is 4.79 Å². The van der Waals surface area contributed by atoms with Crippen molar-refractivity contribution in [2.24, 2.45) is 17.6 Å². The van der Waals surface area contributed by atoms with Gasteiger partial charge in [-0.25, -0.2) is 0 Å². The average Bonchev–Trinajstić information content (AvgIpc) is 2.42. The van der Waals surface area contributed by atoms with Crippen LogP contribution in [0.5, 0.6) is 0 Å². The first-order valence-corrected chi connectivity index (χ1v) is 8.08. The normalized spacial score (nSPS) is 39.8. The number of carbonyl (C=O) groups is 1. The fourth-order valence-corrected chi connectivity index (χ4v) is 3.72. The molecule has 2 aliphatic rings. The lowest BCUT2D eigenvalue weighted by atomic mass is 9.74. The summed E-state index contributed by atoms with van der Waals surface area (Å²) in [5, 5.41) is 0. The zero-order valence-electron chi connectivity index (χ0n) is 12.5. The molecule has 0 saturated heterocycles. The Morgan fingerprint density at radius 2 is 1.89 bits per heavy atom. The van der Waals surface area contributed by atoms with Crippen molar-refractivity contribution in [1.29, 1.82) is 0 Å². The minimum absolute atomic E-state index is 0.112. The van der Waals surface area contributed by atoms with E-state index in [2.05, 4.69) is 13.8 Å². The summed E-state index contributed by atoms with van der Waals surface area (Å²) < 4.78 is 5.84. The molecule has 2 fully saturated rings. The summed E-state index contributed by atoms with van der Waals surface area (Å²) in [6, 6.07) is 0. The van der Waals surface area contributed by atoms with Crippen LogP contribution in [0.1, 0.15) is 71.6 Å². The maximum absolute atomic E-state index is 12.5. The SMILES string of the molecule is CCC1CCCCC1OC(=O)C1(N)CCCCC1C. The summed E-state index contributed by atoms with van der Waals surface area (Å²) in [7, 11) is 0. The molecule has 19 heavy (non-hydrogen) atoms. The molecule has 3 heteroatoms. The Hall–Kier alpha value is -0.570. The van der Waals surface area contributed by atoms with Gasteiger partial charge >= 0.3 is 5.97 Å². The Balaban J connectivity index is 1.99. The lowest BCUT2D eigenvalue weighted by Gasteiger charge is -2.39. The first-order valence-electron chi connectivity index (χ1n) is 8.08. The summed E-state index contributed by atoms with van der Waals surface area (Å²) in [6.07, 6.45) is 9.97. The summed E-state index contributed by atoms with van der Waals surface area (Å²) in [5.41, 5.74) is 5.65. The van der Waals surface area contributed by atoms with Crippen molar-refractivity contribution in [3.05, 3.63) is 0 Å². The third-order valence-electron chi connectivity index (χ3n) is 5.36. The van der Waals surface area contributed by atoms with Gasteiger partial charge in [0.05, 0.1) is 0 Å². The van der Waals surface area contributed by atoms with Gasteiger partial charge < -0.3 is 10.5 Å². The molecule has 4 unspecified atom stereocenters. The van der Waals surface area contributed by atoms with Crippen molar-refractivity contribution in [3.63, 3.8) is 0 Å².